The standard InChI is InChI=1S/C2H8N2.2CH2O2/c3-1-2-4;2*2-1-3/h1-4H2;2*1H,(H,2,3). The summed E-state index contributed by atoms with van der Waals surface area (Å²) in [6, 6.07) is 0. The summed E-state index contributed by atoms with van der Waals surface area (Å²) in [5, 5.41) is 13.8. The highest BCUT2D eigenvalue weighted by atomic mass is 16.3. The molecule has 0 aliphatic heterocycles. The van der Waals surface area contributed by atoms with E-state index in [2.05, 4.69) is 0 Å². The van der Waals surface area contributed by atoms with E-state index in [1.807, 2.05) is 0 Å². The van der Waals surface area contributed by atoms with Crippen LogP contribution < -0.4 is 11.5 Å². The molecule has 0 aliphatic rings. The number of hydrogen-bond acceptors (Lipinski definition) is 4. The number of rotatable bonds is 1. The van der Waals surface area contributed by atoms with Gasteiger partial charge in [0.15, 0.2) is 0 Å². The van der Waals surface area contributed by atoms with E-state index in [0.717, 1.165) is 0 Å². The van der Waals surface area contributed by atoms with Crippen LogP contribution in [0.3, 0.4) is 0 Å². The van der Waals surface area contributed by atoms with Crippen molar-refractivity contribution in [1.29, 1.82) is 0 Å². The molecule has 0 amide bonds. The highest BCUT2D eigenvalue weighted by Crippen LogP contribution is 1.24. The monoisotopic (exact) mass is 152 g/mol. The molecule has 0 saturated carbocycles. The van der Waals surface area contributed by atoms with Crippen molar-refractivity contribution in [2.75, 3.05) is 13.1 Å². The van der Waals surface area contributed by atoms with Gasteiger partial charge in [0.1, 0.15) is 0 Å². The van der Waals surface area contributed by atoms with Gasteiger partial charge in [0.25, 0.3) is 12.9 Å². The van der Waals surface area contributed by atoms with E-state index >= 15 is 0 Å². The second-order valence-corrected chi connectivity index (χ2v) is 0.788. The minimum absolute atomic E-state index is 0.250. The zero-order chi connectivity index (χ0) is 8.83. The SMILES string of the molecule is NCCN.O=CO.O=CO. The number of nitrogens with two attached hydrogens (primary N) is 2. The van der Waals surface area contributed by atoms with Gasteiger partial charge < -0.3 is 21.7 Å². The van der Waals surface area contributed by atoms with Gasteiger partial charge in [-0.1, -0.05) is 0 Å². The molecule has 0 unspecified atom stereocenters. The fraction of sp³-hybridized carbons (Fsp3) is 0.500. The molecule has 6 heteroatoms. The second-order valence-electron chi connectivity index (χ2n) is 0.788. The highest BCUT2D eigenvalue weighted by molar-refractivity contribution is 5.32. The fourth-order valence-corrected chi connectivity index (χ4v) is 0. The molecule has 6 N–H and O–H groups in total. The first-order valence-corrected chi connectivity index (χ1v) is 2.30. The lowest BCUT2D eigenvalue weighted by atomic mass is 10.7. The van der Waals surface area contributed by atoms with Crippen LogP contribution >= 0.6 is 0 Å². The zero-order valence-electron chi connectivity index (χ0n) is 5.43. The van der Waals surface area contributed by atoms with Crippen LogP contribution in [-0.4, -0.2) is 36.2 Å². The van der Waals surface area contributed by atoms with Crippen molar-refractivity contribution in [3.63, 3.8) is 0 Å². The third-order valence-corrected chi connectivity index (χ3v) is 0.167. The smallest absolute Gasteiger partial charge is 0.290 e. The van der Waals surface area contributed by atoms with E-state index < -0.39 is 0 Å². The van der Waals surface area contributed by atoms with Gasteiger partial charge in [-0.3, -0.25) is 9.59 Å². The summed E-state index contributed by atoms with van der Waals surface area (Å²) < 4.78 is 0. The summed E-state index contributed by atoms with van der Waals surface area (Å²) in [5.41, 5.74) is 9.81. The van der Waals surface area contributed by atoms with E-state index in [1.54, 1.807) is 0 Å². The number of carbonyl (C=O) groups is 2. The largest absolute Gasteiger partial charge is 0.483 e. The minimum Gasteiger partial charge on any atom is -0.483 e. The van der Waals surface area contributed by atoms with Crippen LogP contribution in [0.5, 0.6) is 0 Å². The van der Waals surface area contributed by atoms with E-state index in [0.29, 0.717) is 13.1 Å². The first-order valence-electron chi connectivity index (χ1n) is 2.30. The minimum atomic E-state index is -0.250. The Morgan fingerprint density at radius 3 is 1.10 bits per heavy atom. The van der Waals surface area contributed by atoms with Crippen LogP contribution in [0.15, 0.2) is 0 Å². The molecule has 0 saturated heterocycles. The van der Waals surface area contributed by atoms with Gasteiger partial charge in [0.05, 0.1) is 0 Å². The maximum absolute atomic E-state index is 8.36. The molecule has 0 aliphatic carbocycles. The molecule has 62 valence electrons. The lowest BCUT2D eigenvalue weighted by molar-refractivity contribution is -0.123. The molecule has 0 radical (unpaired) electrons. The summed E-state index contributed by atoms with van der Waals surface area (Å²) in [6.45, 7) is 0.694. The molecule has 0 fully saturated rings. The predicted octanol–water partition coefficient (Wildman–Crippen LogP) is -1.69. The van der Waals surface area contributed by atoms with Crippen molar-refractivity contribution in [1.82, 2.24) is 0 Å². The average molecular weight is 152 g/mol. The summed E-state index contributed by atoms with van der Waals surface area (Å²) in [7, 11) is 0. The van der Waals surface area contributed by atoms with Crippen molar-refractivity contribution in [2.24, 2.45) is 11.5 Å². The van der Waals surface area contributed by atoms with Crippen LogP contribution in [-0.2, 0) is 9.59 Å². The van der Waals surface area contributed by atoms with Gasteiger partial charge in [-0.05, 0) is 0 Å². The fourth-order valence-electron chi connectivity index (χ4n) is 0. The van der Waals surface area contributed by atoms with Gasteiger partial charge in [-0.2, -0.15) is 0 Å². The normalized spacial score (nSPS) is 5.40. The molecule has 0 aromatic heterocycles. The van der Waals surface area contributed by atoms with Crippen LogP contribution in [0.2, 0.25) is 0 Å². The van der Waals surface area contributed by atoms with Crippen molar-refractivity contribution in [3.8, 4) is 0 Å². The Hall–Kier alpha value is -1.14. The highest BCUT2D eigenvalue weighted by Gasteiger charge is 1.54. The van der Waals surface area contributed by atoms with E-state index in [1.165, 1.54) is 0 Å². The Labute approximate surface area is 58.4 Å². The Kier molecular flexibility index (Phi) is 72.1. The van der Waals surface area contributed by atoms with Gasteiger partial charge in [-0.25, -0.2) is 0 Å². The summed E-state index contributed by atoms with van der Waals surface area (Å²) in [6.07, 6.45) is 0. The molecule has 0 spiro atoms. The third-order valence-electron chi connectivity index (χ3n) is 0.167. The van der Waals surface area contributed by atoms with Crippen LogP contribution in [0.4, 0.5) is 0 Å². The second kappa shape index (κ2) is 45.2. The van der Waals surface area contributed by atoms with Crippen LogP contribution in [0.25, 0.3) is 0 Å². The van der Waals surface area contributed by atoms with Gasteiger partial charge in [-0.15, -0.1) is 0 Å². The molecule has 0 rings (SSSR count). The molecular weight excluding hydrogens is 140 g/mol. The van der Waals surface area contributed by atoms with Crippen LogP contribution in [0, 0.1) is 0 Å². The quantitative estimate of drug-likeness (QED) is 0.332. The van der Waals surface area contributed by atoms with E-state index in [-0.39, 0.29) is 12.9 Å². The summed E-state index contributed by atoms with van der Waals surface area (Å²) in [4.78, 5) is 16.7. The topological polar surface area (TPSA) is 127 Å². The number of hydrogen-bond donors (Lipinski definition) is 4. The van der Waals surface area contributed by atoms with Gasteiger partial charge in [0, 0.05) is 13.1 Å². The first kappa shape index (κ1) is 15.9. The molecule has 0 heterocycles. The third kappa shape index (κ3) is 12000. The molecule has 0 aromatic carbocycles. The van der Waals surface area contributed by atoms with Crippen molar-refractivity contribution < 1.29 is 19.8 Å². The predicted molar refractivity (Wildman–Crippen MR) is 35.5 cm³/mol. The van der Waals surface area contributed by atoms with E-state index in [4.69, 9.17) is 31.3 Å². The Morgan fingerprint density at radius 2 is 1.10 bits per heavy atom. The molecule has 0 atom stereocenters. The maximum atomic E-state index is 8.36. The molecule has 0 aromatic rings. The summed E-state index contributed by atoms with van der Waals surface area (Å²) in [5.74, 6) is 0. The van der Waals surface area contributed by atoms with Crippen LogP contribution in [0.1, 0.15) is 0 Å². The molecule has 0 bridgehead atoms. The first-order chi connectivity index (χ1) is 4.74. The number of carboxylic acid groups (broad SMARTS) is 2. The average Bonchev–Trinajstić information content (AvgIpc) is 1.91. The molecule has 6 nitrogen and oxygen atoms in total. The zero-order valence-corrected chi connectivity index (χ0v) is 5.43. The van der Waals surface area contributed by atoms with Crippen molar-refractivity contribution in [3.05, 3.63) is 0 Å². The summed E-state index contributed by atoms with van der Waals surface area (Å²) >= 11 is 0. The van der Waals surface area contributed by atoms with Gasteiger partial charge in [0.2, 0.25) is 0 Å². The Bertz CT molecular complexity index is 51.2. The van der Waals surface area contributed by atoms with Crippen molar-refractivity contribution >= 4 is 12.9 Å². The van der Waals surface area contributed by atoms with Crippen molar-refractivity contribution in [2.45, 2.75) is 0 Å². The maximum Gasteiger partial charge on any atom is 0.290 e. The Balaban J connectivity index is -0.0000000750. The van der Waals surface area contributed by atoms with Gasteiger partial charge >= 0.3 is 0 Å². The molecule has 10 heavy (non-hydrogen) atoms. The lowest BCUT2D eigenvalue weighted by Crippen LogP contribution is -2.11. The van der Waals surface area contributed by atoms with E-state index in [9.17, 15) is 0 Å². The molecular formula is C4H12N2O4. The Morgan fingerprint density at radius 1 is 1.00 bits per heavy atom. The lowest BCUT2D eigenvalue weighted by Gasteiger charge is -1.72.